The summed E-state index contributed by atoms with van der Waals surface area (Å²) >= 11 is 0. The van der Waals surface area contributed by atoms with Gasteiger partial charge < -0.3 is 4.42 Å². The highest BCUT2D eigenvalue weighted by Crippen LogP contribution is 2.38. The summed E-state index contributed by atoms with van der Waals surface area (Å²) in [6.45, 7) is 0. The fraction of sp³-hybridized carbons (Fsp3) is 0. The van der Waals surface area contributed by atoms with Crippen LogP contribution in [0.2, 0.25) is 0 Å². The van der Waals surface area contributed by atoms with Gasteiger partial charge in [0.05, 0.1) is 0 Å². The Labute approximate surface area is 259 Å². The Balaban J connectivity index is 1.29. The molecule has 0 bridgehead atoms. The molecule has 4 heteroatoms. The first-order valence-corrected chi connectivity index (χ1v) is 15.0. The Hall–Kier alpha value is -6.13. The molecule has 45 heavy (non-hydrogen) atoms. The lowest BCUT2D eigenvalue weighted by molar-refractivity contribution is 0.669. The molecule has 2 heterocycles. The average molecular weight is 576 g/mol. The molecular formula is C41H25N3O. The van der Waals surface area contributed by atoms with E-state index in [1.165, 1.54) is 0 Å². The lowest BCUT2D eigenvalue weighted by atomic mass is 9.93. The van der Waals surface area contributed by atoms with Gasteiger partial charge in [-0.1, -0.05) is 115 Å². The first kappa shape index (κ1) is 25.4. The molecule has 0 aliphatic rings. The molecule has 2 aromatic heterocycles. The van der Waals surface area contributed by atoms with Crippen LogP contribution in [0, 0.1) is 0 Å². The number of furan rings is 1. The van der Waals surface area contributed by atoms with Gasteiger partial charge in [-0.25, -0.2) is 15.0 Å². The monoisotopic (exact) mass is 575 g/mol. The van der Waals surface area contributed by atoms with Gasteiger partial charge in [0, 0.05) is 27.5 Å². The molecule has 210 valence electrons. The van der Waals surface area contributed by atoms with E-state index in [-0.39, 0.29) is 0 Å². The van der Waals surface area contributed by atoms with Crippen LogP contribution in [0.1, 0.15) is 0 Å². The van der Waals surface area contributed by atoms with E-state index in [4.69, 9.17) is 19.4 Å². The molecule has 0 unspecified atom stereocenters. The molecule has 0 aliphatic heterocycles. The first-order valence-electron chi connectivity index (χ1n) is 15.0. The van der Waals surface area contributed by atoms with Crippen molar-refractivity contribution in [3.05, 3.63) is 152 Å². The van der Waals surface area contributed by atoms with E-state index in [1.807, 2.05) is 72.8 Å². The first-order chi connectivity index (χ1) is 22.3. The van der Waals surface area contributed by atoms with E-state index >= 15 is 0 Å². The van der Waals surface area contributed by atoms with Crippen LogP contribution in [0.4, 0.5) is 0 Å². The van der Waals surface area contributed by atoms with Crippen LogP contribution in [0.25, 0.3) is 88.8 Å². The Morgan fingerprint density at radius 3 is 1.62 bits per heavy atom. The van der Waals surface area contributed by atoms with Crippen molar-refractivity contribution in [1.29, 1.82) is 0 Å². The summed E-state index contributed by atoms with van der Waals surface area (Å²) in [5.41, 5.74) is 6.81. The Kier molecular flexibility index (Phi) is 5.78. The van der Waals surface area contributed by atoms with Crippen molar-refractivity contribution in [2.45, 2.75) is 0 Å². The highest BCUT2D eigenvalue weighted by Gasteiger charge is 2.17. The van der Waals surface area contributed by atoms with Crippen molar-refractivity contribution in [2.24, 2.45) is 0 Å². The molecule has 0 fully saturated rings. The Bertz CT molecular complexity index is 2480. The van der Waals surface area contributed by atoms with Crippen LogP contribution in [-0.2, 0) is 0 Å². The number of fused-ring (bicyclic) bond motifs is 5. The van der Waals surface area contributed by atoms with Gasteiger partial charge in [0.15, 0.2) is 17.5 Å². The second-order valence-electron chi connectivity index (χ2n) is 11.3. The van der Waals surface area contributed by atoms with Crippen molar-refractivity contribution < 1.29 is 4.42 Å². The van der Waals surface area contributed by atoms with Gasteiger partial charge in [-0.2, -0.15) is 0 Å². The van der Waals surface area contributed by atoms with Gasteiger partial charge in [0.2, 0.25) is 0 Å². The van der Waals surface area contributed by atoms with Gasteiger partial charge >= 0.3 is 0 Å². The zero-order valence-corrected chi connectivity index (χ0v) is 24.2. The van der Waals surface area contributed by atoms with Crippen molar-refractivity contribution in [1.82, 2.24) is 15.0 Å². The SMILES string of the molecule is c1ccc(-c2nc(-c3ccccc3)nc(-c3cc4ccccc4cc3-c3ccc4cc5oc6ccccc6c5cc4c3)n2)cc1. The van der Waals surface area contributed by atoms with Crippen molar-refractivity contribution in [3.63, 3.8) is 0 Å². The third kappa shape index (κ3) is 4.43. The zero-order valence-electron chi connectivity index (χ0n) is 24.2. The molecule has 7 aromatic carbocycles. The number of benzene rings is 7. The normalized spacial score (nSPS) is 11.6. The van der Waals surface area contributed by atoms with Crippen LogP contribution in [0.3, 0.4) is 0 Å². The largest absolute Gasteiger partial charge is 0.456 e. The summed E-state index contributed by atoms with van der Waals surface area (Å²) in [5, 5.41) is 6.81. The van der Waals surface area contributed by atoms with Gasteiger partial charge in [0.1, 0.15) is 11.2 Å². The smallest absolute Gasteiger partial charge is 0.164 e. The summed E-state index contributed by atoms with van der Waals surface area (Å²) in [6, 6.07) is 52.3. The molecule has 0 spiro atoms. The maximum Gasteiger partial charge on any atom is 0.164 e. The van der Waals surface area contributed by atoms with Crippen molar-refractivity contribution >= 4 is 43.5 Å². The Morgan fingerprint density at radius 2 is 0.911 bits per heavy atom. The fourth-order valence-corrected chi connectivity index (χ4v) is 6.23. The highest BCUT2D eigenvalue weighted by atomic mass is 16.3. The van der Waals surface area contributed by atoms with Gasteiger partial charge in [-0.15, -0.1) is 0 Å². The maximum absolute atomic E-state index is 6.17. The van der Waals surface area contributed by atoms with E-state index in [1.54, 1.807) is 0 Å². The van der Waals surface area contributed by atoms with E-state index in [0.29, 0.717) is 17.5 Å². The van der Waals surface area contributed by atoms with E-state index < -0.39 is 0 Å². The molecule has 0 saturated heterocycles. The second-order valence-corrected chi connectivity index (χ2v) is 11.3. The van der Waals surface area contributed by atoms with Crippen LogP contribution in [0.5, 0.6) is 0 Å². The van der Waals surface area contributed by atoms with Gasteiger partial charge in [0.25, 0.3) is 0 Å². The quantitative estimate of drug-likeness (QED) is 0.209. The minimum absolute atomic E-state index is 0.639. The molecule has 0 atom stereocenters. The Morgan fingerprint density at radius 1 is 0.333 bits per heavy atom. The average Bonchev–Trinajstić information content (AvgIpc) is 3.47. The lowest BCUT2D eigenvalue weighted by Gasteiger charge is -2.14. The predicted molar refractivity (Wildman–Crippen MR) is 184 cm³/mol. The summed E-state index contributed by atoms with van der Waals surface area (Å²) in [5.74, 6) is 1.93. The number of hydrogen-bond acceptors (Lipinski definition) is 4. The van der Waals surface area contributed by atoms with E-state index in [0.717, 1.165) is 71.3 Å². The number of rotatable bonds is 4. The summed E-state index contributed by atoms with van der Waals surface area (Å²) in [7, 11) is 0. The van der Waals surface area contributed by atoms with E-state index in [9.17, 15) is 0 Å². The molecule has 0 amide bonds. The van der Waals surface area contributed by atoms with Gasteiger partial charge in [-0.3, -0.25) is 0 Å². The van der Waals surface area contributed by atoms with E-state index in [2.05, 4.69) is 78.9 Å². The van der Waals surface area contributed by atoms with Crippen LogP contribution in [0.15, 0.2) is 156 Å². The molecule has 0 aliphatic carbocycles. The standard InChI is InChI=1S/C41H25N3O/c1-3-11-26(12-4-1)39-42-40(27-13-5-2-6-14-27)44-41(43-39)36-23-29-16-8-7-15-28(29)22-34(36)31-20-19-30-25-38-35(24-32(30)21-31)33-17-9-10-18-37(33)45-38/h1-25H. The molecule has 0 radical (unpaired) electrons. The second kappa shape index (κ2) is 10.2. The number of aromatic nitrogens is 3. The number of para-hydroxylation sites is 1. The van der Waals surface area contributed by atoms with Crippen molar-refractivity contribution in [3.8, 4) is 45.3 Å². The molecule has 0 saturated carbocycles. The molecular weight excluding hydrogens is 550 g/mol. The molecule has 4 nitrogen and oxygen atoms in total. The minimum Gasteiger partial charge on any atom is -0.456 e. The lowest BCUT2D eigenvalue weighted by Crippen LogP contribution is -2.01. The summed E-state index contributed by atoms with van der Waals surface area (Å²) in [6.07, 6.45) is 0. The minimum atomic E-state index is 0.639. The highest BCUT2D eigenvalue weighted by molar-refractivity contribution is 6.10. The topological polar surface area (TPSA) is 51.8 Å². The molecule has 9 aromatic rings. The van der Waals surface area contributed by atoms with Crippen molar-refractivity contribution in [2.75, 3.05) is 0 Å². The van der Waals surface area contributed by atoms with Crippen LogP contribution in [-0.4, -0.2) is 15.0 Å². The third-order valence-electron chi connectivity index (χ3n) is 8.47. The fourth-order valence-electron chi connectivity index (χ4n) is 6.23. The van der Waals surface area contributed by atoms with Gasteiger partial charge in [-0.05, 0) is 69.1 Å². The molecule has 9 rings (SSSR count). The zero-order chi connectivity index (χ0) is 29.7. The summed E-state index contributed by atoms with van der Waals surface area (Å²) in [4.78, 5) is 15.1. The number of hydrogen-bond donors (Lipinski definition) is 0. The maximum atomic E-state index is 6.17. The van der Waals surface area contributed by atoms with Crippen LogP contribution < -0.4 is 0 Å². The summed E-state index contributed by atoms with van der Waals surface area (Å²) < 4.78 is 6.17. The molecule has 0 N–H and O–H groups in total. The predicted octanol–water partition coefficient (Wildman–Crippen LogP) is 10.7. The van der Waals surface area contributed by atoms with Crippen LogP contribution >= 0.6 is 0 Å². The third-order valence-corrected chi connectivity index (χ3v) is 8.47. The number of nitrogens with zero attached hydrogens (tertiary/aromatic N) is 3.